The summed E-state index contributed by atoms with van der Waals surface area (Å²) in [7, 11) is 3.65. The smallest absolute Gasteiger partial charge is 0.128 e. The van der Waals surface area contributed by atoms with E-state index < -0.39 is 0 Å². The van der Waals surface area contributed by atoms with E-state index in [2.05, 4.69) is 30.2 Å². The van der Waals surface area contributed by atoms with E-state index in [1.165, 1.54) is 0 Å². The van der Waals surface area contributed by atoms with Crippen LogP contribution in [0.5, 0.6) is 0 Å². The molecular formula is C13H23N3O. The molecule has 2 unspecified atom stereocenters. The summed E-state index contributed by atoms with van der Waals surface area (Å²) < 4.78 is 5.64. The first-order chi connectivity index (χ1) is 7.98. The van der Waals surface area contributed by atoms with Crippen molar-refractivity contribution >= 4 is 5.82 Å². The largest absolute Gasteiger partial charge is 0.383 e. The molecule has 3 N–H and O–H groups in total. The summed E-state index contributed by atoms with van der Waals surface area (Å²) in [6.07, 6.45) is 2.67. The third kappa shape index (κ3) is 2.76. The van der Waals surface area contributed by atoms with Crippen molar-refractivity contribution in [1.82, 2.24) is 10.3 Å². The molecule has 17 heavy (non-hydrogen) atoms. The quantitative estimate of drug-likeness (QED) is 0.823. The minimum Gasteiger partial charge on any atom is -0.383 e. The number of nitrogens with one attached hydrogen (secondary N) is 1. The number of pyridine rings is 1. The third-order valence-electron chi connectivity index (χ3n) is 3.46. The van der Waals surface area contributed by atoms with E-state index >= 15 is 0 Å². The monoisotopic (exact) mass is 237 g/mol. The van der Waals surface area contributed by atoms with E-state index in [4.69, 9.17) is 10.5 Å². The molecule has 0 spiro atoms. The number of methoxy groups -OCH3 is 1. The minimum atomic E-state index is -0.293. The molecule has 0 bridgehead atoms. The Balaban J connectivity index is 3.21. The maximum atomic E-state index is 5.97. The van der Waals surface area contributed by atoms with Crippen molar-refractivity contribution in [1.29, 1.82) is 0 Å². The van der Waals surface area contributed by atoms with Gasteiger partial charge < -0.3 is 15.8 Å². The molecule has 0 aromatic carbocycles. The van der Waals surface area contributed by atoms with E-state index in [-0.39, 0.29) is 11.6 Å². The SMILES string of the molecule is CCC(C)(OC)C(NC)c1cc(C)cnc1N. The molecule has 0 fully saturated rings. The molecule has 0 radical (unpaired) electrons. The first-order valence-corrected chi connectivity index (χ1v) is 5.93. The molecule has 0 amide bonds. The summed E-state index contributed by atoms with van der Waals surface area (Å²) in [6.45, 7) is 6.20. The molecule has 2 atom stereocenters. The Labute approximate surface area is 104 Å². The van der Waals surface area contributed by atoms with Crippen LogP contribution in [0, 0.1) is 6.92 Å². The van der Waals surface area contributed by atoms with Crippen molar-refractivity contribution in [2.75, 3.05) is 19.9 Å². The second-order valence-electron chi connectivity index (χ2n) is 4.58. The number of likely N-dealkylation sites (N-methyl/N-ethyl adjacent to an activating group) is 1. The lowest BCUT2D eigenvalue weighted by atomic mass is 9.87. The van der Waals surface area contributed by atoms with Crippen LogP contribution in [0.1, 0.15) is 37.4 Å². The molecule has 0 aliphatic rings. The Hall–Kier alpha value is -1.13. The molecule has 0 aliphatic heterocycles. The fourth-order valence-electron chi connectivity index (χ4n) is 2.09. The van der Waals surface area contributed by atoms with Gasteiger partial charge in [0, 0.05) is 18.9 Å². The van der Waals surface area contributed by atoms with Gasteiger partial charge in [-0.3, -0.25) is 0 Å². The molecule has 1 aromatic heterocycles. The van der Waals surface area contributed by atoms with Crippen molar-refractivity contribution in [3.05, 3.63) is 23.4 Å². The lowest BCUT2D eigenvalue weighted by Gasteiger charge is -2.36. The van der Waals surface area contributed by atoms with Crippen LogP contribution in [0.2, 0.25) is 0 Å². The van der Waals surface area contributed by atoms with Crippen molar-refractivity contribution in [2.45, 2.75) is 38.8 Å². The second-order valence-corrected chi connectivity index (χ2v) is 4.58. The summed E-state index contributed by atoms with van der Waals surface area (Å²) in [6, 6.07) is 2.10. The van der Waals surface area contributed by atoms with Gasteiger partial charge >= 0.3 is 0 Å². The topological polar surface area (TPSA) is 60.2 Å². The molecule has 0 saturated carbocycles. The summed E-state index contributed by atoms with van der Waals surface area (Å²) in [4.78, 5) is 4.21. The van der Waals surface area contributed by atoms with Gasteiger partial charge in [0.2, 0.25) is 0 Å². The van der Waals surface area contributed by atoms with Crippen LogP contribution >= 0.6 is 0 Å². The maximum Gasteiger partial charge on any atom is 0.128 e. The lowest BCUT2D eigenvalue weighted by Crippen LogP contribution is -2.42. The number of nitrogen functional groups attached to an aromatic ring is 1. The lowest BCUT2D eigenvalue weighted by molar-refractivity contribution is -0.0279. The Morgan fingerprint density at radius 2 is 2.24 bits per heavy atom. The number of rotatable bonds is 5. The number of hydrogen-bond donors (Lipinski definition) is 2. The molecule has 0 saturated heterocycles. The Kier molecular flexibility index (Phi) is 4.48. The highest BCUT2D eigenvalue weighted by Gasteiger charge is 2.34. The highest BCUT2D eigenvalue weighted by Crippen LogP contribution is 2.33. The Morgan fingerprint density at radius 1 is 1.59 bits per heavy atom. The first kappa shape index (κ1) is 13.9. The summed E-state index contributed by atoms with van der Waals surface area (Å²) >= 11 is 0. The van der Waals surface area contributed by atoms with Crippen LogP contribution in [0.15, 0.2) is 12.3 Å². The fourth-order valence-corrected chi connectivity index (χ4v) is 2.09. The van der Waals surface area contributed by atoms with Gasteiger partial charge in [0.15, 0.2) is 0 Å². The molecule has 4 nitrogen and oxygen atoms in total. The van der Waals surface area contributed by atoms with Crippen LogP contribution in [0.25, 0.3) is 0 Å². The molecule has 1 heterocycles. The summed E-state index contributed by atoms with van der Waals surface area (Å²) in [5.41, 5.74) is 7.77. The van der Waals surface area contributed by atoms with Crippen molar-refractivity contribution in [3.63, 3.8) is 0 Å². The average molecular weight is 237 g/mol. The predicted octanol–water partition coefficient (Wildman–Crippen LogP) is 2.05. The third-order valence-corrected chi connectivity index (χ3v) is 3.46. The molecule has 96 valence electrons. The molecule has 0 aliphatic carbocycles. The number of anilines is 1. The zero-order valence-corrected chi connectivity index (χ0v) is 11.4. The number of aromatic nitrogens is 1. The van der Waals surface area contributed by atoms with Crippen molar-refractivity contribution in [3.8, 4) is 0 Å². The number of hydrogen-bond acceptors (Lipinski definition) is 4. The summed E-state index contributed by atoms with van der Waals surface area (Å²) in [5.74, 6) is 0.562. The van der Waals surface area contributed by atoms with E-state index in [1.807, 2.05) is 14.0 Å². The molecular weight excluding hydrogens is 214 g/mol. The summed E-state index contributed by atoms with van der Waals surface area (Å²) in [5, 5.41) is 3.28. The normalized spacial score (nSPS) is 16.5. The van der Waals surface area contributed by atoms with Crippen LogP contribution < -0.4 is 11.1 Å². The van der Waals surface area contributed by atoms with E-state index in [1.54, 1.807) is 13.3 Å². The van der Waals surface area contributed by atoms with Gasteiger partial charge in [-0.2, -0.15) is 0 Å². The van der Waals surface area contributed by atoms with Gasteiger partial charge in [-0.05, 0) is 38.9 Å². The van der Waals surface area contributed by atoms with E-state index in [9.17, 15) is 0 Å². The zero-order valence-electron chi connectivity index (χ0n) is 11.4. The number of aryl methyl sites for hydroxylation is 1. The number of nitrogens with two attached hydrogens (primary N) is 1. The average Bonchev–Trinajstić information content (AvgIpc) is 2.34. The zero-order chi connectivity index (χ0) is 13.1. The van der Waals surface area contributed by atoms with Crippen LogP contribution in [-0.2, 0) is 4.74 Å². The molecule has 4 heteroatoms. The number of ether oxygens (including phenoxy) is 1. The first-order valence-electron chi connectivity index (χ1n) is 5.93. The van der Waals surface area contributed by atoms with Crippen molar-refractivity contribution < 1.29 is 4.74 Å². The highest BCUT2D eigenvalue weighted by atomic mass is 16.5. The van der Waals surface area contributed by atoms with Gasteiger partial charge in [-0.1, -0.05) is 6.92 Å². The van der Waals surface area contributed by atoms with E-state index in [0.717, 1.165) is 17.5 Å². The highest BCUT2D eigenvalue weighted by molar-refractivity contribution is 5.44. The molecule has 1 aromatic rings. The van der Waals surface area contributed by atoms with E-state index in [0.29, 0.717) is 5.82 Å². The standard InChI is InChI=1S/C13H23N3O/c1-6-13(3,17-5)11(15-4)10-7-9(2)8-16-12(10)14/h7-8,11,15H,6H2,1-5H3,(H2,14,16). The van der Waals surface area contributed by atoms with Crippen LogP contribution in [0.4, 0.5) is 5.82 Å². The minimum absolute atomic E-state index is 0.0323. The Bertz CT molecular complexity index is 375. The van der Waals surface area contributed by atoms with Gasteiger partial charge in [0.1, 0.15) is 5.82 Å². The van der Waals surface area contributed by atoms with Gasteiger partial charge in [-0.25, -0.2) is 4.98 Å². The molecule has 1 rings (SSSR count). The second kappa shape index (κ2) is 5.47. The van der Waals surface area contributed by atoms with Gasteiger partial charge in [0.05, 0.1) is 11.6 Å². The fraction of sp³-hybridized carbons (Fsp3) is 0.615. The Morgan fingerprint density at radius 3 is 2.71 bits per heavy atom. The van der Waals surface area contributed by atoms with Crippen LogP contribution in [-0.4, -0.2) is 24.7 Å². The van der Waals surface area contributed by atoms with Crippen molar-refractivity contribution in [2.24, 2.45) is 0 Å². The predicted molar refractivity (Wildman–Crippen MR) is 70.9 cm³/mol. The van der Waals surface area contributed by atoms with Crippen LogP contribution in [0.3, 0.4) is 0 Å². The van der Waals surface area contributed by atoms with Gasteiger partial charge in [-0.15, -0.1) is 0 Å². The maximum absolute atomic E-state index is 5.97. The number of nitrogens with zero attached hydrogens (tertiary/aromatic N) is 1. The van der Waals surface area contributed by atoms with Gasteiger partial charge in [0.25, 0.3) is 0 Å².